The third kappa shape index (κ3) is 2.85. The first-order chi connectivity index (χ1) is 10.2. The predicted molar refractivity (Wildman–Crippen MR) is 80.7 cm³/mol. The van der Waals surface area contributed by atoms with Gasteiger partial charge >= 0.3 is 0 Å². The smallest absolute Gasteiger partial charge is 0.137 e. The molecular formula is C18H17NO2. The van der Waals surface area contributed by atoms with Gasteiger partial charge in [0.15, 0.2) is 0 Å². The Morgan fingerprint density at radius 1 is 1.24 bits per heavy atom. The van der Waals surface area contributed by atoms with Crippen LogP contribution in [0.1, 0.15) is 22.3 Å². The zero-order chi connectivity index (χ0) is 14.8. The van der Waals surface area contributed by atoms with Crippen LogP contribution in [0.5, 0.6) is 11.5 Å². The van der Waals surface area contributed by atoms with Crippen molar-refractivity contribution in [2.24, 2.45) is 0 Å². The molecule has 3 nitrogen and oxygen atoms in total. The highest BCUT2D eigenvalue weighted by Crippen LogP contribution is 2.30. The van der Waals surface area contributed by atoms with E-state index in [0.717, 1.165) is 23.5 Å². The van der Waals surface area contributed by atoms with Crippen LogP contribution in [-0.2, 0) is 6.42 Å². The van der Waals surface area contributed by atoms with Crippen LogP contribution in [0.15, 0.2) is 36.4 Å². The van der Waals surface area contributed by atoms with Crippen LogP contribution < -0.4 is 9.47 Å². The maximum absolute atomic E-state index is 8.95. The van der Waals surface area contributed by atoms with Crippen molar-refractivity contribution in [3.63, 3.8) is 0 Å². The van der Waals surface area contributed by atoms with Crippen LogP contribution in [0, 0.1) is 25.2 Å². The van der Waals surface area contributed by atoms with Crippen LogP contribution in [0.25, 0.3) is 0 Å². The van der Waals surface area contributed by atoms with E-state index in [1.807, 2.05) is 19.1 Å². The summed E-state index contributed by atoms with van der Waals surface area (Å²) in [4.78, 5) is 0. The van der Waals surface area contributed by atoms with Gasteiger partial charge in [-0.05, 0) is 43.2 Å². The lowest BCUT2D eigenvalue weighted by Gasteiger charge is -2.14. The molecule has 21 heavy (non-hydrogen) atoms. The van der Waals surface area contributed by atoms with Gasteiger partial charge in [0.05, 0.1) is 11.6 Å². The van der Waals surface area contributed by atoms with Gasteiger partial charge in [-0.15, -0.1) is 0 Å². The topological polar surface area (TPSA) is 42.2 Å². The summed E-state index contributed by atoms with van der Waals surface area (Å²) >= 11 is 0. The second-order valence-electron chi connectivity index (χ2n) is 5.46. The molecule has 0 saturated carbocycles. The molecule has 0 spiro atoms. The van der Waals surface area contributed by atoms with Gasteiger partial charge < -0.3 is 9.47 Å². The van der Waals surface area contributed by atoms with Gasteiger partial charge in [0.2, 0.25) is 0 Å². The third-order valence-electron chi connectivity index (χ3n) is 3.70. The lowest BCUT2D eigenvalue weighted by molar-refractivity contribution is 0.148. The van der Waals surface area contributed by atoms with Gasteiger partial charge in [0.1, 0.15) is 24.2 Å². The van der Waals surface area contributed by atoms with Crippen LogP contribution in [0.4, 0.5) is 0 Å². The number of hydrogen-bond acceptors (Lipinski definition) is 3. The Hall–Kier alpha value is -2.47. The fraction of sp³-hybridized carbons (Fsp3) is 0.278. The van der Waals surface area contributed by atoms with E-state index >= 15 is 0 Å². The van der Waals surface area contributed by atoms with Crippen molar-refractivity contribution in [3.8, 4) is 17.6 Å². The SMILES string of the molecule is Cc1ccc2c(c1)CC(COc1cc(C#N)ccc1C)O2. The fourth-order valence-corrected chi connectivity index (χ4v) is 2.55. The minimum Gasteiger partial charge on any atom is -0.489 e. The van der Waals surface area contributed by atoms with E-state index in [4.69, 9.17) is 14.7 Å². The minimum absolute atomic E-state index is 0.0342. The molecule has 0 N–H and O–H groups in total. The lowest BCUT2D eigenvalue weighted by atomic mass is 10.1. The summed E-state index contributed by atoms with van der Waals surface area (Å²) in [6.07, 6.45) is 0.903. The highest BCUT2D eigenvalue weighted by molar-refractivity contribution is 5.42. The molecule has 1 aliphatic heterocycles. The second-order valence-corrected chi connectivity index (χ2v) is 5.46. The van der Waals surface area contributed by atoms with Gasteiger partial charge in [-0.3, -0.25) is 0 Å². The first kappa shape index (κ1) is 13.5. The van der Waals surface area contributed by atoms with Crippen molar-refractivity contribution in [1.82, 2.24) is 0 Å². The van der Waals surface area contributed by atoms with Crippen molar-refractivity contribution in [2.75, 3.05) is 6.61 Å². The number of benzene rings is 2. The van der Waals surface area contributed by atoms with Crippen LogP contribution >= 0.6 is 0 Å². The average Bonchev–Trinajstić information content (AvgIpc) is 2.88. The molecule has 0 fully saturated rings. The van der Waals surface area contributed by atoms with Crippen LogP contribution in [-0.4, -0.2) is 12.7 Å². The van der Waals surface area contributed by atoms with E-state index in [1.54, 1.807) is 12.1 Å². The number of aryl methyl sites for hydroxylation is 2. The number of hydrogen-bond donors (Lipinski definition) is 0. The van der Waals surface area contributed by atoms with E-state index in [1.165, 1.54) is 11.1 Å². The average molecular weight is 279 g/mol. The number of fused-ring (bicyclic) bond motifs is 1. The number of ether oxygens (including phenoxy) is 2. The largest absolute Gasteiger partial charge is 0.489 e. The molecule has 1 aliphatic rings. The fourth-order valence-electron chi connectivity index (χ4n) is 2.55. The van der Waals surface area contributed by atoms with Crippen molar-refractivity contribution >= 4 is 0 Å². The molecule has 0 bridgehead atoms. The van der Waals surface area contributed by atoms with Crippen LogP contribution in [0.2, 0.25) is 0 Å². The Bertz CT molecular complexity index is 716. The number of nitriles is 1. The van der Waals surface area contributed by atoms with Crippen molar-refractivity contribution in [1.29, 1.82) is 5.26 Å². The summed E-state index contributed by atoms with van der Waals surface area (Å²) < 4.78 is 11.7. The molecule has 1 unspecified atom stereocenters. The Labute approximate surface area is 124 Å². The van der Waals surface area contributed by atoms with Gasteiger partial charge in [-0.1, -0.05) is 23.8 Å². The summed E-state index contributed by atoms with van der Waals surface area (Å²) in [6, 6.07) is 13.9. The molecule has 3 heteroatoms. The Kier molecular flexibility index (Phi) is 3.53. The van der Waals surface area contributed by atoms with Gasteiger partial charge in [-0.25, -0.2) is 0 Å². The van der Waals surface area contributed by atoms with E-state index in [0.29, 0.717) is 12.2 Å². The Morgan fingerprint density at radius 2 is 2.10 bits per heavy atom. The van der Waals surface area contributed by atoms with E-state index in [9.17, 15) is 0 Å². The molecule has 2 aromatic carbocycles. The molecule has 0 aromatic heterocycles. The zero-order valence-corrected chi connectivity index (χ0v) is 12.2. The molecule has 3 rings (SSSR count). The van der Waals surface area contributed by atoms with E-state index in [2.05, 4.69) is 25.1 Å². The first-order valence-electron chi connectivity index (χ1n) is 7.05. The lowest BCUT2D eigenvalue weighted by Crippen LogP contribution is -2.22. The standard InChI is InChI=1S/C18H17NO2/c1-12-3-6-17-15(7-12)9-16(21-17)11-20-18-8-14(10-19)5-4-13(18)2/h3-8,16H,9,11H2,1-2H3. The predicted octanol–water partition coefficient (Wildman–Crippen LogP) is 3.56. The van der Waals surface area contributed by atoms with Gasteiger partial charge in [-0.2, -0.15) is 5.26 Å². The molecule has 106 valence electrons. The summed E-state index contributed by atoms with van der Waals surface area (Å²) in [5, 5.41) is 8.95. The number of nitrogens with zero attached hydrogens (tertiary/aromatic N) is 1. The summed E-state index contributed by atoms with van der Waals surface area (Å²) in [5.74, 6) is 1.71. The van der Waals surface area contributed by atoms with Crippen molar-refractivity contribution in [2.45, 2.75) is 26.4 Å². The van der Waals surface area contributed by atoms with Gasteiger partial charge in [0, 0.05) is 6.42 Å². The molecule has 1 atom stereocenters. The number of rotatable bonds is 3. The second kappa shape index (κ2) is 5.49. The van der Waals surface area contributed by atoms with E-state index in [-0.39, 0.29) is 6.10 Å². The monoisotopic (exact) mass is 279 g/mol. The Morgan fingerprint density at radius 3 is 2.90 bits per heavy atom. The minimum atomic E-state index is 0.0342. The molecule has 2 aromatic rings. The Balaban J connectivity index is 1.66. The highest BCUT2D eigenvalue weighted by atomic mass is 16.5. The first-order valence-corrected chi connectivity index (χ1v) is 7.05. The van der Waals surface area contributed by atoms with Crippen molar-refractivity contribution < 1.29 is 9.47 Å². The third-order valence-corrected chi connectivity index (χ3v) is 3.70. The highest BCUT2D eigenvalue weighted by Gasteiger charge is 2.23. The zero-order valence-electron chi connectivity index (χ0n) is 12.2. The summed E-state index contributed by atoms with van der Waals surface area (Å²) in [7, 11) is 0. The quantitative estimate of drug-likeness (QED) is 0.862. The van der Waals surface area contributed by atoms with Crippen LogP contribution in [0.3, 0.4) is 0 Å². The molecule has 1 heterocycles. The van der Waals surface area contributed by atoms with Crippen molar-refractivity contribution in [3.05, 3.63) is 58.7 Å². The maximum Gasteiger partial charge on any atom is 0.137 e. The molecule has 0 aliphatic carbocycles. The summed E-state index contributed by atoms with van der Waals surface area (Å²) in [5.41, 5.74) is 4.13. The molecule has 0 amide bonds. The normalized spacial score (nSPS) is 16.0. The van der Waals surface area contributed by atoms with Gasteiger partial charge in [0.25, 0.3) is 0 Å². The molecular weight excluding hydrogens is 262 g/mol. The maximum atomic E-state index is 8.95. The summed E-state index contributed by atoms with van der Waals surface area (Å²) in [6.45, 7) is 4.55. The van der Waals surface area contributed by atoms with E-state index < -0.39 is 0 Å². The molecule has 0 radical (unpaired) electrons. The molecule has 0 saturated heterocycles.